The molecule has 0 aromatic carbocycles. The number of hydrogen-bond acceptors (Lipinski definition) is 3. The maximum atomic E-state index is 11.6. The van der Waals surface area contributed by atoms with Gasteiger partial charge >= 0.3 is 5.97 Å². The van der Waals surface area contributed by atoms with Gasteiger partial charge in [-0.25, -0.2) is 0 Å². The van der Waals surface area contributed by atoms with Crippen LogP contribution in [0.1, 0.15) is 58.3 Å². The second kappa shape index (κ2) is 20.2. The number of unbranched alkanes of at least 4 members (excludes halogenated alkanes) is 1. The molecule has 3 N–H and O–H groups in total. The van der Waals surface area contributed by atoms with Gasteiger partial charge in [-0.15, -0.1) is 0 Å². The third-order valence-corrected chi connectivity index (χ3v) is 4.01. The van der Waals surface area contributed by atoms with E-state index in [0.717, 1.165) is 44.9 Å². The van der Waals surface area contributed by atoms with Crippen molar-refractivity contribution in [1.29, 1.82) is 5.41 Å². The fourth-order valence-electron chi connectivity index (χ4n) is 2.22. The van der Waals surface area contributed by atoms with Gasteiger partial charge in [0.25, 0.3) is 0 Å². The van der Waals surface area contributed by atoms with Crippen LogP contribution in [0.5, 0.6) is 0 Å². The fourth-order valence-corrected chi connectivity index (χ4v) is 2.22. The fraction of sp³-hybridized carbons (Fsp3) is 0.500. The Labute approximate surface area is 177 Å². The van der Waals surface area contributed by atoms with Crippen LogP contribution in [0.25, 0.3) is 0 Å². The molecule has 162 valence electrons. The van der Waals surface area contributed by atoms with E-state index in [2.05, 4.69) is 67.7 Å². The van der Waals surface area contributed by atoms with Gasteiger partial charge in [-0.1, -0.05) is 67.7 Å². The molecule has 0 aliphatic carbocycles. The molecule has 29 heavy (non-hydrogen) atoms. The Hall–Kier alpha value is -2.56. The number of carbonyl (C=O) groups excluding carboxylic acids is 1. The van der Waals surface area contributed by atoms with Gasteiger partial charge in [0.1, 0.15) is 6.61 Å². The second-order valence-electron chi connectivity index (χ2n) is 6.63. The molecule has 0 spiro atoms. The van der Waals surface area contributed by atoms with Crippen LogP contribution in [0.3, 0.4) is 0 Å². The van der Waals surface area contributed by atoms with Gasteiger partial charge in [0.2, 0.25) is 0 Å². The van der Waals surface area contributed by atoms with E-state index in [9.17, 15) is 4.79 Å². The highest BCUT2D eigenvalue weighted by molar-refractivity contribution is 5.74. The number of nitrogens with one attached hydrogen (secondary N) is 1. The number of nitrogens with two attached hydrogens (primary N) is 1. The van der Waals surface area contributed by atoms with Crippen LogP contribution in [0.15, 0.2) is 60.8 Å². The van der Waals surface area contributed by atoms with Crippen LogP contribution in [0.4, 0.5) is 0 Å². The first-order chi connectivity index (χ1) is 14.1. The Kier molecular flexibility index (Phi) is 18.4. The van der Waals surface area contributed by atoms with Crippen LogP contribution in [-0.4, -0.2) is 37.0 Å². The SMILES string of the molecule is CCC=CCC=CCC=CCC=CCC=CCCCC(=O)OCCN(C)C(=N)N. The molecule has 0 radical (unpaired) electrons. The van der Waals surface area contributed by atoms with Gasteiger partial charge < -0.3 is 15.4 Å². The molecule has 0 bridgehead atoms. The largest absolute Gasteiger partial charge is 0.464 e. The van der Waals surface area contributed by atoms with Crippen LogP contribution < -0.4 is 5.73 Å². The first-order valence-corrected chi connectivity index (χ1v) is 10.5. The molecule has 5 nitrogen and oxygen atoms in total. The van der Waals surface area contributed by atoms with E-state index in [-0.39, 0.29) is 18.5 Å². The summed E-state index contributed by atoms with van der Waals surface area (Å²) in [6.07, 6.45) is 28.8. The first kappa shape index (κ1) is 26.4. The number of carbonyl (C=O) groups is 1. The van der Waals surface area contributed by atoms with E-state index in [4.69, 9.17) is 15.9 Å². The summed E-state index contributed by atoms with van der Waals surface area (Å²) in [4.78, 5) is 13.1. The van der Waals surface area contributed by atoms with Crippen LogP contribution >= 0.6 is 0 Å². The summed E-state index contributed by atoms with van der Waals surface area (Å²) >= 11 is 0. The molecular weight excluding hydrogens is 362 g/mol. The van der Waals surface area contributed by atoms with Crippen molar-refractivity contribution in [3.05, 3.63) is 60.8 Å². The molecule has 0 aliphatic rings. The highest BCUT2D eigenvalue weighted by Gasteiger charge is 2.04. The summed E-state index contributed by atoms with van der Waals surface area (Å²) in [6, 6.07) is 0. The smallest absolute Gasteiger partial charge is 0.305 e. The molecule has 0 aromatic rings. The van der Waals surface area contributed by atoms with Crippen molar-refractivity contribution in [2.24, 2.45) is 5.73 Å². The first-order valence-electron chi connectivity index (χ1n) is 10.5. The Balaban J connectivity index is 3.57. The number of nitrogens with zero attached hydrogens (tertiary/aromatic N) is 1. The third kappa shape index (κ3) is 20.0. The molecular formula is C24H39N3O2. The number of allylic oxidation sites excluding steroid dienone is 10. The monoisotopic (exact) mass is 401 g/mol. The quantitative estimate of drug-likeness (QED) is 0.121. The number of hydrogen-bond donors (Lipinski definition) is 2. The Bertz CT molecular complexity index is 575. The molecule has 0 saturated carbocycles. The van der Waals surface area contributed by atoms with Crippen molar-refractivity contribution in [1.82, 2.24) is 4.90 Å². The highest BCUT2D eigenvalue weighted by Crippen LogP contribution is 2.01. The summed E-state index contributed by atoms with van der Waals surface area (Å²) < 4.78 is 5.11. The predicted octanol–water partition coefficient (Wildman–Crippen LogP) is 5.28. The number of esters is 1. The Morgan fingerprint density at radius 2 is 1.38 bits per heavy atom. The lowest BCUT2D eigenvalue weighted by molar-refractivity contribution is -0.143. The van der Waals surface area contributed by atoms with Gasteiger partial charge in [0.15, 0.2) is 5.96 Å². The topological polar surface area (TPSA) is 79.4 Å². The number of likely N-dealkylation sites (N-methyl/N-ethyl adjacent to an activating group) is 1. The van der Waals surface area contributed by atoms with Gasteiger partial charge in [-0.05, 0) is 44.9 Å². The van der Waals surface area contributed by atoms with Gasteiger partial charge in [-0.3, -0.25) is 10.2 Å². The van der Waals surface area contributed by atoms with Crippen molar-refractivity contribution in [3.8, 4) is 0 Å². The van der Waals surface area contributed by atoms with Crippen LogP contribution in [0, 0.1) is 5.41 Å². The highest BCUT2D eigenvalue weighted by atomic mass is 16.5. The summed E-state index contributed by atoms with van der Waals surface area (Å²) in [5.41, 5.74) is 5.31. The minimum atomic E-state index is -0.200. The Morgan fingerprint density at radius 3 is 1.86 bits per heavy atom. The molecule has 0 atom stereocenters. The van der Waals surface area contributed by atoms with Crippen LogP contribution in [0.2, 0.25) is 0 Å². The van der Waals surface area contributed by atoms with Crippen molar-refractivity contribution in [2.45, 2.75) is 58.3 Å². The zero-order chi connectivity index (χ0) is 21.6. The predicted molar refractivity (Wildman–Crippen MR) is 124 cm³/mol. The minimum absolute atomic E-state index is 0.0283. The second-order valence-corrected chi connectivity index (χ2v) is 6.63. The molecule has 0 heterocycles. The molecule has 0 rings (SSSR count). The molecule has 0 fully saturated rings. The number of guanidine groups is 1. The van der Waals surface area contributed by atoms with Gasteiger partial charge in [0, 0.05) is 13.5 Å². The summed E-state index contributed by atoms with van der Waals surface area (Å²) in [5, 5.41) is 7.22. The lowest BCUT2D eigenvalue weighted by Gasteiger charge is -2.15. The summed E-state index contributed by atoms with van der Waals surface area (Å²) in [6.45, 7) is 2.85. The van der Waals surface area contributed by atoms with Crippen molar-refractivity contribution in [2.75, 3.05) is 20.2 Å². The average Bonchev–Trinajstić information content (AvgIpc) is 2.70. The van der Waals surface area contributed by atoms with E-state index in [0.29, 0.717) is 13.0 Å². The third-order valence-electron chi connectivity index (χ3n) is 4.01. The molecule has 0 amide bonds. The van der Waals surface area contributed by atoms with E-state index in [1.165, 1.54) is 4.90 Å². The van der Waals surface area contributed by atoms with E-state index >= 15 is 0 Å². The van der Waals surface area contributed by atoms with E-state index < -0.39 is 0 Å². The Morgan fingerprint density at radius 1 is 0.897 bits per heavy atom. The zero-order valence-electron chi connectivity index (χ0n) is 18.2. The van der Waals surface area contributed by atoms with Crippen molar-refractivity contribution in [3.63, 3.8) is 0 Å². The molecule has 0 saturated heterocycles. The standard InChI is InChI=1S/C24H39N3O2/c1-3-4-5-6-7-8-9-10-11-12-13-14-15-16-17-18-19-20-23(28)29-22-21-27(2)24(25)26/h4-5,7-8,10-11,13-14,16-17H,3,6,9,12,15,18-22H2,1-2H3,(H3,25,26). The summed E-state index contributed by atoms with van der Waals surface area (Å²) in [7, 11) is 1.69. The van der Waals surface area contributed by atoms with Gasteiger partial charge in [-0.2, -0.15) is 0 Å². The summed E-state index contributed by atoms with van der Waals surface area (Å²) in [5.74, 6) is -0.228. The lowest BCUT2D eigenvalue weighted by atomic mass is 10.2. The molecule has 0 aliphatic heterocycles. The molecule has 5 heteroatoms. The van der Waals surface area contributed by atoms with Crippen molar-refractivity contribution < 1.29 is 9.53 Å². The van der Waals surface area contributed by atoms with Crippen LogP contribution in [-0.2, 0) is 9.53 Å². The normalized spacial score (nSPS) is 12.2. The van der Waals surface area contributed by atoms with Crippen molar-refractivity contribution >= 4 is 11.9 Å². The lowest BCUT2D eigenvalue weighted by Crippen LogP contribution is -2.35. The minimum Gasteiger partial charge on any atom is -0.464 e. The molecule has 0 aromatic heterocycles. The van der Waals surface area contributed by atoms with E-state index in [1.54, 1.807) is 7.05 Å². The number of ether oxygens (including phenoxy) is 1. The maximum absolute atomic E-state index is 11.6. The van der Waals surface area contributed by atoms with Gasteiger partial charge in [0.05, 0.1) is 6.54 Å². The van der Waals surface area contributed by atoms with E-state index in [1.807, 2.05) is 0 Å². The zero-order valence-corrected chi connectivity index (χ0v) is 18.2. The number of rotatable bonds is 16. The molecule has 0 unspecified atom stereocenters. The average molecular weight is 402 g/mol. The maximum Gasteiger partial charge on any atom is 0.305 e.